The number of H-pyrrole nitrogens is 1. The molecule has 0 bridgehead atoms. The van der Waals surface area contributed by atoms with E-state index in [4.69, 9.17) is 27.9 Å². The van der Waals surface area contributed by atoms with Gasteiger partial charge < -0.3 is 20.4 Å². The molecule has 0 aliphatic carbocycles. The van der Waals surface area contributed by atoms with Gasteiger partial charge in [-0.3, -0.25) is 10.1 Å². The summed E-state index contributed by atoms with van der Waals surface area (Å²) in [5.41, 5.74) is 1.73. The molecule has 174 valence electrons. The number of pyridine rings is 1. The lowest BCUT2D eigenvalue weighted by molar-refractivity contribution is -0.384. The van der Waals surface area contributed by atoms with Gasteiger partial charge in [-0.2, -0.15) is 4.98 Å². The number of aromatic nitrogens is 5. The number of aromatic amines is 1. The minimum atomic E-state index is -0.513. The lowest BCUT2D eigenvalue weighted by atomic mass is 10.1. The van der Waals surface area contributed by atoms with Crippen LogP contribution in [0.1, 0.15) is 0 Å². The Morgan fingerprint density at radius 2 is 1.91 bits per heavy atom. The Bertz CT molecular complexity index is 1320. The van der Waals surface area contributed by atoms with Crippen LogP contribution in [-0.2, 0) is 0 Å². The predicted octanol–water partition coefficient (Wildman–Crippen LogP) is 4.68. The number of hydrogen-bond acceptors (Lipinski definition) is 9. The average Bonchev–Trinajstić information content (AvgIpc) is 3.36. The third kappa shape index (κ3) is 5.16. The molecule has 0 amide bonds. The Hall–Kier alpha value is -3.96. The molecule has 34 heavy (non-hydrogen) atoms. The number of rotatable bonds is 9. The number of nitrogens with one attached hydrogen (secondary N) is 3. The fourth-order valence-electron chi connectivity index (χ4n) is 3.12. The molecule has 0 fully saturated rings. The van der Waals surface area contributed by atoms with Crippen molar-refractivity contribution >= 4 is 40.7 Å². The number of nitro groups is 1. The lowest BCUT2D eigenvalue weighted by Crippen LogP contribution is -2.17. The topological polar surface area (TPSA) is 144 Å². The van der Waals surface area contributed by atoms with Crippen LogP contribution in [0, 0.1) is 10.1 Å². The van der Waals surface area contributed by atoms with E-state index in [2.05, 4.69) is 35.6 Å². The molecule has 3 aromatic heterocycles. The summed E-state index contributed by atoms with van der Waals surface area (Å²) in [7, 11) is 1.44. The van der Waals surface area contributed by atoms with Gasteiger partial charge in [0.05, 0.1) is 28.3 Å². The number of anilines is 2. The molecule has 0 saturated carbocycles. The van der Waals surface area contributed by atoms with E-state index in [9.17, 15) is 10.1 Å². The summed E-state index contributed by atoms with van der Waals surface area (Å²) in [5.74, 6) is 1.30. The van der Waals surface area contributed by atoms with Crippen LogP contribution >= 0.6 is 23.2 Å². The van der Waals surface area contributed by atoms with Crippen LogP contribution in [0.5, 0.6) is 5.88 Å². The molecule has 0 spiro atoms. The van der Waals surface area contributed by atoms with E-state index in [-0.39, 0.29) is 17.4 Å². The van der Waals surface area contributed by atoms with Gasteiger partial charge in [-0.1, -0.05) is 23.2 Å². The molecule has 11 nitrogen and oxygen atoms in total. The van der Waals surface area contributed by atoms with E-state index >= 15 is 0 Å². The molecule has 4 rings (SSSR count). The van der Waals surface area contributed by atoms with E-state index in [1.807, 2.05) is 0 Å². The number of ether oxygens (including phenoxy) is 1. The third-order valence-corrected chi connectivity index (χ3v) is 5.23. The zero-order chi connectivity index (χ0) is 24.1. The Labute approximate surface area is 203 Å². The highest BCUT2D eigenvalue weighted by atomic mass is 35.5. The van der Waals surface area contributed by atoms with Crippen LogP contribution in [0.3, 0.4) is 0 Å². The molecule has 0 aliphatic rings. The van der Waals surface area contributed by atoms with Gasteiger partial charge >= 0.3 is 5.69 Å². The van der Waals surface area contributed by atoms with Gasteiger partial charge in [0, 0.05) is 54.4 Å². The van der Waals surface area contributed by atoms with Crippen molar-refractivity contribution in [3.05, 3.63) is 69.1 Å². The highest BCUT2D eigenvalue weighted by Gasteiger charge is 2.17. The van der Waals surface area contributed by atoms with Crippen molar-refractivity contribution in [1.29, 1.82) is 0 Å². The van der Waals surface area contributed by atoms with Crippen LogP contribution in [0.4, 0.5) is 17.5 Å². The lowest BCUT2D eigenvalue weighted by Gasteiger charge is -2.12. The predicted molar refractivity (Wildman–Crippen MR) is 129 cm³/mol. The molecule has 0 radical (unpaired) electrons. The van der Waals surface area contributed by atoms with Gasteiger partial charge in [0.2, 0.25) is 17.6 Å². The average molecular weight is 501 g/mol. The minimum Gasteiger partial charge on any atom is -0.481 e. The van der Waals surface area contributed by atoms with Crippen LogP contribution < -0.4 is 15.4 Å². The number of nitrogens with zero attached hydrogens (tertiary/aromatic N) is 5. The summed E-state index contributed by atoms with van der Waals surface area (Å²) >= 11 is 12.5. The van der Waals surface area contributed by atoms with Gasteiger partial charge in [0.25, 0.3) is 0 Å². The molecule has 0 atom stereocenters. The summed E-state index contributed by atoms with van der Waals surface area (Å²) in [6.07, 6.45) is 4.97. The number of imidazole rings is 1. The van der Waals surface area contributed by atoms with Crippen LogP contribution in [0.15, 0.2) is 48.9 Å². The van der Waals surface area contributed by atoms with Gasteiger partial charge in [-0.05, 0) is 18.2 Å². The Kier molecular flexibility index (Phi) is 7.04. The quantitative estimate of drug-likeness (QED) is 0.169. The van der Waals surface area contributed by atoms with Crippen molar-refractivity contribution in [2.45, 2.75) is 0 Å². The standard InChI is InChI=1S/C21H18Cl2N8O3/c1-34-17-5-4-16(31(32)33)20(29-17)26-8-9-27-21-28-11-14(19-24-6-7-25-19)18(30-21)13-3-2-12(22)10-15(13)23/h2-7,10-11H,8-9H2,1H3,(H,24,25)(H,26,29)(H,27,28,30). The van der Waals surface area contributed by atoms with E-state index in [1.54, 1.807) is 36.8 Å². The molecule has 3 N–H and O–H groups in total. The number of halogens is 2. The SMILES string of the molecule is COc1ccc([N+](=O)[O-])c(NCCNc2ncc(-c3ncc[nH]3)c(-c3ccc(Cl)cc3Cl)n2)n1. The minimum absolute atomic E-state index is 0.105. The molecule has 3 heterocycles. The first kappa shape index (κ1) is 23.2. The Morgan fingerprint density at radius 1 is 1.09 bits per heavy atom. The monoisotopic (exact) mass is 500 g/mol. The van der Waals surface area contributed by atoms with E-state index in [1.165, 1.54) is 19.2 Å². The Morgan fingerprint density at radius 3 is 2.62 bits per heavy atom. The second-order valence-corrected chi connectivity index (χ2v) is 7.69. The van der Waals surface area contributed by atoms with E-state index in [0.29, 0.717) is 51.7 Å². The van der Waals surface area contributed by atoms with Gasteiger partial charge in [-0.15, -0.1) is 0 Å². The van der Waals surface area contributed by atoms with Crippen molar-refractivity contribution in [2.24, 2.45) is 0 Å². The van der Waals surface area contributed by atoms with Gasteiger partial charge in [0.1, 0.15) is 5.82 Å². The number of hydrogen-bond donors (Lipinski definition) is 3. The van der Waals surface area contributed by atoms with Gasteiger partial charge in [-0.25, -0.2) is 15.0 Å². The maximum atomic E-state index is 11.2. The van der Waals surface area contributed by atoms with E-state index in [0.717, 1.165) is 0 Å². The largest absolute Gasteiger partial charge is 0.481 e. The van der Waals surface area contributed by atoms with Crippen molar-refractivity contribution in [1.82, 2.24) is 24.9 Å². The highest BCUT2D eigenvalue weighted by molar-refractivity contribution is 6.36. The summed E-state index contributed by atoms with van der Waals surface area (Å²) in [5, 5.41) is 18.2. The fraction of sp³-hybridized carbons (Fsp3) is 0.143. The molecular formula is C21H18Cl2N8O3. The smallest absolute Gasteiger partial charge is 0.311 e. The van der Waals surface area contributed by atoms with Gasteiger partial charge in [0.15, 0.2) is 0 Å². The third-order valence-electron chi connectivity index (χ3n) is 4.68. The zero-order valence-corrected chi connectivity index (χ0v) is 19.3. The van der Waals surface area contributed by atoms with Crippen molar-refractivity contribution in [3.8, 4) is 28.5 Å². The Balaban J connectivity index is 1.53. The summed E-state index contributed by atoms with van der Waals surface area (Å²) in [6.45, 7) is 0.658. The molecule has 1 aromatic carbocycles. The first-order valence-corrected chi connectivity index (χ1v) is 10.7. The molecule has 0 aliphatic heterocycles. The molecule has 0 unspecified atom stereocenters. The van der Waals surface area contributed by atoms with Crippen LogP contribution in [-0.4, -0.2) is 50.0 Å². The number of methoxy groups -OCH3 is 1. The molecule has 4 aromatic rings. The molecule has 13 heteroatoms. The van der Waals surface area contributed by atoms with Crippen LogP contribution in [0.2, 0.25) is 10.0 Å². The summed E-state index contributed by atoms with van der Waals surface area (Å²) in [6, 6.07) is 7.90. The first-order valence-electron chi connectivity index (χ1n) is 9.95. The highest BCUT2D eigenvalue weighted by Crippen LogP contribution is 2.35. The first-order chi connectivity index (χ1) is 16.5. The normalized spacial score (nSPS) is 10.7. The number of benzene rings is 1. The van der Waals surface area contributed by atoms with Crippen molar-refractivity contribution < 1.29 is 9.66 Å². The zero-order valence-electron chi connectivity index (χ0n) is 17.7. The molecule has 0 saturated heterocycles. The maximum Gasteiger partial charge on any atom is 0.311 e. The summed E-state index contributed by atoms with van der Waals surface area (Å²) < 4.78 is 5.04. The summed E-state index contributed by atoms with van der Waals surface area (Å²) in [4.78, 5) is 31.2. The van der Waals surface area contributed by atoms with E-state index < -0.39 is 4.92 Å². The fourth-order valence-corrected chi connectivity index (χ4v) is 3.62. The van der Waals surface area contributed by atoms with Crippen LogP contribution in [0.25, 0.3) is 22.6 Å². The second kappa shape index (κ2) is 10.3. The van der Waals surface area contributed by atoms with Crippen molar-refractivity contribution in [3.63, 3.8) is 0 Å². The molecular weight excluding hydrogens is 483 g/mol. The second-order valence-electron chi connectivity index (χ2n) is 6.85. The van der Waals surface area contributed by atoms with Crippen molar-refractivity contribution in [2.75, 3.05) is 30.8 Å². The maximum absolute atomic E-state index is 11.2.